The van der Waals surface area contributed by atoms with Crippen molar-refractivity contribution in [2.75, 3.05) is 0 Å². The molecule has 58 heavy (non-hydrogen) atoms. The van der Waals surface area contributed by atoms with Crippen LogP contribution in [-0.4, -0.2) is 11.5 Å². The van der Waals surface area contributed by atoms with Gasteiger partial charge in [-0.15, -0.1) is 0 Å². The molecule has 4 nitrogen and oxygen atoms in total. The molecule has 2 unspecified atom stereocenters. The summed E-state index contributed by atoms with van der Waals surface area (Å²) in [6.45, 7) is 2.31. The number of benzene rings is 9. The summed E-state index contributed by atoms with van der Waals surface area (Å²) in [5.41, 5.74) is 9.60. The summed E-state index contributed by atoms with van der Waals surface area (Å²) in [4.78, 5) is 11.2. The van der Waals surface area contributed by atoms with Crippen LogP contribution in [0.2, 0.25) is 0 Å². The fourth-order valence-corrected chi connectivity index (χ4v) is 9.43. The van der Waals surface area contributed by atoms with Gasteiger partial charge in [-0.1, -0.05) is 146 Å². The molecule has 0 aliphatic carbocycles. The summed E-state index contributed by atoms with van der Waals surface area (Å²) >= 11 is 0. The first-order chi connectivity index (χ1) is 28.7. The van der Waals surface area contributed by atoms with E-state index in [1.54, 1.807) is 0 Å². The van der Waals surface area contributed by atoms with Gasteiger partial charge in [-0.2, -0.15) is 0 Å². The van der Waals surface area contributed by atoms with Crippen LogP contribution in [0.3, 0.4) is 0 Å². The zero-order chi connectivity index (χ0) is 38.3. The lowest BCUT2D eigenvalue weighted by Gasteiger charge is -2.21. The van der Waals surface area contributed by atoms with E-state index in [1.807, 2.05) is 18.2 Å². The molecule has 2 aromatic heterocycles. The average molecular weight is 745 g/mol. The van der Waals surface area contributed by atoms with E-state index in [4.69, 9.17) is 18.8 Å². The van der Waals surface area contributed by atoms with Gasteiger partial charge in [-0.05, 0) is 92.2 Å². The Bertz CT molecular complexity index is 3510. The lowest BCUT2D eigenvalue weighted by atomic mass is 9.88. The Morgan fingerprint density at radius 3 is 1.93 bits per heavy atom. The number of rotatable bonds is 4. The third kappa shape index (κ3) is 5.08. The van der Waals surface area contributed by atoms with Gasteiger partial charge in [-0.3, -0.25) is 4.99 Å². The van der Waals surface area contributed by atoms with Crippen LogP contribution in [0.15, 0.2) is 195 Å². The van der Waals surface area contributed by atoms with Crippen molar-refractivity contribution >= 4 is 87.7 Å². The molecule has 0 fully saturated rings. The molecule has 0 N–H and O–H groups in total. The summed E-state index contributed by atoms with van der Waals surface area (Å²) < 4.78 is 13.7. The van der Waals surface area contributed by atoms with Crippen LogP contribution in [0.5, 0.6) is 0 Å². The topological polar surface area (TPSA) is 51.0 Å². The summed E-state index contributed by atoms with van der Waals surface area (Å²) in [5.74, 6) is 0.887. The van der Waals surface area contributed by atoms with E-state index in [1.165, 1.54) is 27.1 Å². The zero-order valence-electron chi connectivity index (χ0n) is 31.8. The van der Waals surface area contributed by atoms with Gasteiger partial charge in [0.25, 0.3) is 0 Å². The fraction of sp³-hybridized carbons (Fsp3) is 0.0741. The molecule has 274 valence electrons. The number of aliphatic imine (C=N–C) groups is 2. The van der Waals surface area contributed by atoms with Gasteiger partial charge in [0.15, 0.2) is 5.84 Å². The molecule has 0 saturated carbocycles. The highest BCUT2D eigenvalue weighted by Crippen LogP contribution is 2.46. The number of para-hydroxylation sites is 2. The molecule has 0 saturated heterocycles. The molecule has 11 aromatic rings. The summed E-state index contributed by atoms with van der Waals surface area (Å²) in [6, 6.07) is 62.2. The van der Waals surface area contributed by atoms with Crippen LogP contribution in [0.4, 0.5) is 0 Å². The van der Waals surface area contributed by atoms with E-state index in [2.05, 4.69) is 165 Å². The first-order valence-corrected chi connectivity index (χ1v) is 20.1. The molecular formula is C54H36N2O2. The molecule has 1 aliphatic rings. The van der Waals surface area contributed by atoms with Gasteiger partial charge in [0, 0.05) is 38.2 Å². The van der Waals surface area contributed by atoms with Crippen LogP contribution in [0.25, 0.3) is 87.3 Å². The largest absolute Gasteiger partial charge is 0.455 e. The highest BCUT2D eigenvalue weighted by atomic mass is 16.3. The van der Waals surface area contributed by atoms with Crippen molar-refractivity contribution in [3.8, 4) is 11.1 Å². The second-order valence-corrected chi connectivity index (χ2v) is 15.7. The predicted molar refractivity (Wildman–Crippen MR) is 241 cm³/mol. The standard InChI is InChI=1S/C54H36N2O2/c1-32-29-46(35-14-3-2-4-15-35)55-54(56-51(32)37-26-25-34-24-23-33-13-5-7-17-38(33)44(34)31-37)43-28-27-42(52-50(43)41-20-10-12-22-48(41)58-52)49-39-18-8-6-16-36(39)30-45-40-19-9-11-21-47(40)57-53(45)49/h2-28,30-32,51H,29H2,1H3. The Morgan fingerprint density at radius 1 is 0.483 bits per heavy atom. The maximum absolute atomic E-state index is 6.96. The van der Waals surface area contributed by atoms with Gasteiger partial charge in [0.2, 0.25) is 0 Å². The Kier molecular flexibility index (Phi) is 7.30. The SMILES string of the molecule is CC1CC(c2ccccc2)=NC(c2ccc(-c3c4ccccc4cc4c3oc3ccccc34)c3oc4ccccc4c23)=NC1c1ccc2ccc3ccccc3c2c1. The van der Waals surface area contributed by atoms with Crippen molar-refractivity contribution in [2.45, 2.75) is 19.4 Å². The van der Waals surface area contributed by atoms with E-state index in [0.717, 1.165) is 89.0 Å². The third-order valence-corrected chi connectivity index (χ3v) is 12.2. The smallest absolute Gasteiger partial charge is 0.156 e. The van der Waals surface area contributed by atoms with Crippen LogP contribution in [0, 0.1) is 5.92 Å². The molecule has 4 heteroatoms. The fourth-order valence-electron chi connectivity index (χ4n) is 9.43. The minimum atomic E-state index is -0.135. The molecule has 0 radical (unpaired) electrons. The van der Waals surface area contributed by atoms with Crippen LogP contribution in [0.1, 0.15) is 36.1 Å². The first kappa shape index (κ1) is 32.9. The lowest BCUT2D eigenvalue weighted by molar-refractivity contribution is 0.494. The first-order valence-electron chi connectivity index (χ1n) is 20.1. The number of furan rings is 2. The van der Waals surface area contributed by atoms with Crippen molar-refractivity contribution in [1.29, 1.82) is 0 Å². The summed E-state index contributed by atoms with van der Waals surface area (Å²) in [5, 5.41) is 11.4. The van der Waals surface area contributed by atoms with Crippen LogP contribution in [-0.2, 0) is 0 Å². The predicted octanol–water partition coefficient (Wildman–Crippen LogP) is 14.6. The number of nitrogens with zero attached hydrogens (tertiary/aromatic N) is 2. The quantitative estimate of drug-likeness (QED) is 0.169. The maximum atomic E-state index is 6.96. The second-order valence-electron chi connectivity index (χ2n) is 15.7. The highest BCUT2D eigenvalue weighted by Gasteiger charge is 2.29. The van der Waals surface area contributed by atoms with Gasteiger partial charge in [-0.25, -0.2) is 4.99 Å². The van der Waals surface area contributed by atoms with E-state index >= 15 is 0 Å². The van der Waals surface area contributed by atoms with Crippen molar-refractivity contribution in [2.24, 2.45) is 15.9 Å². The van der Waals surface area contributed by atoms with E-state index in [0.29, 0.717) is 5.84 Å². The third-order valence-electron chi connectivity index (χ3n) is 12.2. The lowest BCUT2D eigenvalue weighted by Crippen LogP contribution is -2.12. The molecule has 9 aromatic carbocycles. The number of amidine groups is 1. The molecule has 3 heterocycles. The Hall–Kier alpha value is -7.30. The van der Waals surface area contributed by atoms with Crippen molar-refractivity contribution in [3.05, 3.63) is 193 Å². The minimum Gasteiger partial charge on any atom is -0.455 e. The highest BCUT2D eigenvalue weighted by molar-refractivity contribution is 6.26. The second kappa shape index (κ2) is 12.9. The van der Waals surface area contributed by atoms with Crippen molar-refractivity contribution in [1.82, 2.24) is 0 Å². The van der Waals surface area contributed by atoms with Crippen molar-refractivity contribution in [3.63, 3.8) is 0 Å². The number of hydrogen-bond acceptors (Lipinski definition) is 4. The van der Waals surface area contributed by atoms with E-state index < -0.39 is 0 Å². The zero-order valence-corrected chi connectivity index (χ0v) is 31.8. The Morgan fingerprint density at radius 2 is 1.10 bits per heavy atom. The summed E-state index contributed by atoms with van der Waals surface area (Å²) in [6.07, 6.45) is 0.780. The van der Waals surface area contributed by atoms with Crippen molar-refractivity contribution < 1.29 is 8.83 Å². The maximum Gasteiger partial charge on any atom is 0.156 e. The monoisotopic (exact) mass is 744 g/mol. The van der Waals surface area contributed by atoms with E-state index in [9.17, 15) is 0 Å². The molecule has 0 spiro atoms. The average Bonchev–Trinajstić information content (AvgIpc) is 3.80. The van der Waals surface area contributed by atoms with Gasteiger partial charge in [0.1, 0.15) is 22.3 Å². The molecule has 1 aliphatic heterocycles. The normalized spacial score (nSPS) is 16.2. The van der Waals surface area contributed by atoms with Crippen LogP contribution >= 0.6 is 0 Å². The van der Waals surface area contributed by atoms with E-state index in [-0.39, 0.29) is 12.0 Å². The van der Waals surface area contributed by atoms with Gasteiger partial charge < -0.3 is 8.83 Å². The Labute approximate surface area is 334 Å². The number of fused-ring (bicyclic) bond motifs is 10. The molecule has 12 rings (SSSR count). The minimum absolute atomic E-state index is 0.135. The Balaban J connectivity index is 1.14. The van der Waals surface area contributed by atoms with Gasteiger partial charge in [0.05, 0.1) is 11.8 Å². The van der Waals surface area contributed by atoms with Crippen LogP contribution < -0.4 is 0 Å². The molecule has 0 amide bonds. The number of hydrogen-bond donors (Lipinski definition) is 0. The molecule has 2 atom stereocenters. The summed E-state index contributed by atoms with van der Waals surface area (Å²) in [7, 11) is 0. The van der Waals surface area contributed by atoms with Gasteiger partial charge >= 0.3 is 0 Å². The molecular weight excluding hydrogens is 709 g/mol. The molecule has 0 bridgehead atoms.